The quantitative estimate of drug-likeness (QED) is 0.751. The predicted molar refractivity (Wildman–Crippen MR) is 78.6 cm³/mol. The fourth-order valence-corrected chi connectivity index (χ4v) is 1.83. The first-order valence-electron chi connectivity index (χ1n) is 6.73. The molecule has 0 fully saturated rings. The smallest absolute Gasteiger partial charge is 0.119 e. The molecule has 0 amide bonds. The van der Waals surface area contributed by atoms with E-state index in [-0.39, 0.29) is 0 Å². The van der Waals surface area contributed by atoms with Crippen molar-refractivity contribution >= 4 is 0 Å². The van der Waals surface area contributed by atoms with Gasteiger partial charge in [0, 0.05) is 12.6 Å². The lowest BCUT2D eigenvalue weighted by molar-refractivity contribution is 0.168. The summed E-state index contributed by atoms with van der Waals surface area (Å²) in [6.45, 7) is 3.74. The van der Waals surface area contributed by atoms with Crippen LogP contribution in [0.2, 0.25) is 0 Å². The van der Waals surface area contributed by atoms with Gasteiger partial charge in [0.25, 0.3) is 0 Å². The lowest BCUT2D eigenvalue weighted by atomic mass is 10.1. The number of hydrogen-bond donors (Lipinski definition) is 2. The Morgan fingerprint density at radius 2 is 2.11 bits per heavy atom. The minimum atomic E-state index is -0.503. The van der Waals surface area contributed by atoms with Gasteiger partial charge in [-0.2, -0.15) is 0 Å². The van der Waals surface area contributed by atoms with Crippen LogP contribution in [0.5, 0.6) is 5.75 Å². The van der Waals surface area contributed by atoms with Crippen molar-refractivity contribution in [3.8, 4) is 5.75 Å². The highest BCUT2D eigenvalue weighted by atomic mass is 16.5. The number of nitrogens with one attached hydrogen (secondary N) is 1. The molecule has 0 spiro atoms. The predicted octanol–water partition coefficient (Wildman–Crippen LogP) is 1.66. The molecule has 0 saturated carbocycles. The highest BCUT2D eigenvalue weighted by Gasteiger charge is 2.10. The molecule has 2 N–H and O–H groups in total. The highest BCUT2D eigenvalue weighted by Crippen LogP contribution is 2.18. The summed E-state index contributed by atoms with van der Waals surface area (Å²) < 4.78 is 5.16. The summed E-state index contributed by atoms with van der Waals surface area (Å²) >= 11 is 0. The minimum absolute atomic E-state index is 0.391. The fraction of sp³-hybridized carbons (Fsp3) is 0.600. The first-order chi connectivity index (χ1) is 9.02. The fourth-order valence-electron chi connectivity index (χ4n) is 1.83. The summed E-state index contributed by atoms with van der Waals surface area (Å²) in [4.78, 5) is 2.16. The molecule has 2 atom stereocenters. The molecule has 4 nitrogen and oxygen atoms in total. The van der Waals surface area contributed by atoms with Gasteiger partial charge in [0.2, 0.25) is 0 Å². The Kier molecular flexibility index (Phi) is 6.84. The molecular formula is C15H26N2O2. The van der Waals surface area contributed by atoms with E-state index >= 15 is 0 Å². The maximum absolute atomic E-state index is 10.1. The number of aliphatic hydroxyl groups excluding tert-OH is 1. The molecule has 0 aliphatic heterocycles. The van der Waals surface area contributed by atoms with Gasteiger partial charge in [0.05, 0.1) is 13.2 Å². The highest BCUT2D eigenvalue weighted by molar-refractivity contribution is 5.29. The third-order valence-corrected chi connectivity index (χ3v) is 3.15. The lowest BCUT2D eigenvalue weighted by Crippen LogP contribution is -2.32. The van der Waals surface area contributed by atoms with Crippen LogP contribution in [-0.4, -0.2) is 50.3 Å². The van der Waals surface area contributed by atoms with E-state index in [1.54, 1.807) is 7.11 Å². The topological polar surface area (TPSA) is 44.7 Å². The molecule has 0 aliphatic carbocycles. The zero-order valence-electron chi connectivity index (χ0n) is 12.4. The molecule has 0 saturated heterocycles. The summed E-state index contributed by atoms with van der Waals surface area (Å²) in [5.41, 5.74) is 0.881. The molecular weight excluding hydrogens is 240 g/mol. The zero-order chi connectivity index (χ0) is 14.3. The van der Waals surface area contributed by atoms with E-state index in [9.17, 15) is 5.11 Å². The van der Waals surface area contributed by atoms with Gasteiger partial charge in [0.1, 0.15) is 5.75 Å². The van der Waals surface area contributed by atoms with E-state index in [0.29, 0.717) is 12.6 Å². The van der Waals surface area contributed by atoms with Crippen molar-refractivity contribution in [2.24, 2.45) is 0 Å². The number of benzene rings is 1. The summed E-state index contributed by atoms with van der Waals surface area (Å²) in [7, 11) is 5.77. The van der Waals surface area contributed by atoms with Crippen LogP contribution in [0.1, 0.15) is 25.0 Å². The van der Waals surface area contributed by atoms with Crippen LogP contribution >= 0.6 is 0 Å². The molecule has 1 aromatic rings. The van der Waals surface area contributed by atoms with Crippen LogP contribution < -0.4 is 10.1 Å². The Hall–Kier alpha value is -1.10. The van der Waals surface area contributed by atoms with Crippen molar-refractivity contribution < 1.29 is 9.84 Å². The monoisotopic (exact) mass is 266 g/mol. The molecule has 0 heterocycles. The first-order valence-corrected chi connectivity index (χ1v) is 6.73. The molecule has 0 bridgehead atoms. The average Bonchev–Trinajstić information content (AvgIpc) is 2.42. The Bertz CT molecular complexity index is 369. The lowest BCUT2D eigenvalue weighted by Gasteiger charge is -2.19. The normalized spacial score (nSPS) is 14.4. The number of methoxy groups -OCH3 is 1. The maximum Gasteiger partial charge on any atom is 0.119 e. The van der Waals surface area contributed by atoms with Gasteiger partial charge in [-0.15, -0.1) is 0 Å². The SMILES string of the molecule is COc1cccc(C(O)CNC(C)CCN(C)C)c1. The number of hydrogen-bond acceptors (Lipinski definition) is 4. The van der Waals surface area contributed by atoms with Crippen LogP contribution in [0.3, 0.4) is 0 Å². The van der Waals surface area contributed by atoms with Crippen LogP contribution in [-0.2, 0) is 0 Å². The van der Waals surface area contributed by atoms with Gasteiger partial charge in [0.15, 0.2) is 0 Å². The molecule has 0 aliphatic rings. The van der Waals surface area contributed by atoms with E-state index in [4.69, 9.17) is 4.74 Å². The molecule has 108 valence electrons. The third-order valence-electron chi connectivity index (χ3n) is 3.15. The van der Waals surface area contributed by atoms with E-state index in [2.05, 4.69) is 31.2 Å². The molecule has 4 heteroatoms. The summed E-state index contributed by atoms with van der Waals surface area (Å²) in [6, 6.07) is 7.95. The minimum Gasteiger partial charge on any atom is -0.497 e. The number of rotatable bonds is 8. The summed E-state index contributed by atoms with van der Waals surface area (Å²) in [5, 5.41) is 13.5. The van der Waals surface area contributed by atoms with E-state index in [0.717, 1.165) is 24.3 Å². The molecule has 1 aromatic carbocycles. The van der Waals surface area contributed by atoms with Crippen LogP contribution in [0.4, 0.5) is 0 Å². The average molecular weight is 266 g/mol. The molecule has 19 heavy (non-hydrogen) atoms. The van der Waals surface area contributed by atoms with Crippen molar-refractivity contribution in [3.63, 3.8) is 0 Å². The number of nitrogens with zero attached hydrogens (tertiary/aromatic N) is 1. The van der Waals surface area contributed by atoms with Crippen molar-refractivity contribution in [2.45, 2.75) is 25.5 Å². The zero-order valence-corrected chi connectivity index (χ0v) is 12.4. The Balaban J connectivity index is 2.39. The van der Waals surface area contributed by atoms with Gasteiger partial charge in [-0.05, 0) is 51.7 Å². The largest absolute Gasteiger partial charge is 0.497 e. The second-order valence-corrected chi connectivity index (χ2v) is 5.19. The standard InChI is InChI=1S/C15H26N2O2/c1-12(8-9-17(2)3)16-11-15(18)13-6-5-7-14(10-13)19-4/h5-7,10,12,15-16,18H,8-9,11H2,1-4H3. The second-order valence-electron chi connectivity index (χ2n) is 5.19. The number of ether oxygens (including phenoxy) is 1. The number of aliphatic hydroxyl groups is 1. The van der Waals surface area contributed by atoms with Gasteiger partial charge in [-0.1, -0.05) is 12.1 Å². The van der Waals surface area contributed by atoms with Crippen molar-refractivity contribution in [1.29, 1.82) is 0 Å². The maximum atomic E-state index is 10.1. The van der Waals surface area contributed by atoms with E-state index in [1.165, 1.54) is 0 Å². The van der Waals surface area contributed by atoms with Crippen LogP contribution in [0.25, 0.3) is 0 Å². The molecule has 0 radical (unpaired) electrons. The van der Waals surface area contributed by atoms with E-state index in [1.807, 2.05) is 24.3 Å². The first kappa shape index (κ1) is 16.0. The molecule has 2 unspecified atom stereocenters. The second kappa shape index (κ2) is 8.15. The van der Waals surface area contributed by atoms with Gasteiger partial charge in [-0.3, -0.25) is 0 Å². The van der Waals surface area contributed by atoms with Crippen molar-refractivity contribution in [2.75, 3.05) is 34.3 Å². The van der Waals surface area contributed by atoms with Crippen LogP contribution in [0.15, 0.2) is 24.3 Å². The van der Waals surface area contributed by atoms with Crippen molar-refractivity contribution in [3.05, 3.63) is 29.8 Å². The van der Waals surface area contributed by atoms with Gasteiger partial charge in [-0.25, -0.2) is 0 Å². The van der Waals surface area contributed by atoms with E-state index < -0.39 is 6.10 Å². The third kappa shape index (κ3) is 6.05. The van der Waals surface area contributed by atoms with Crippen molar-refractivity contribution in [1.82, 2.24) is 10.2 Å². The van der Waals surface area contributed by atoms with Gasteiger partial charge >= 0.3 is 0 Å². The molecule has 1 rings (SSSR count). The Morgan fingerprint density at radius 1 is 1.37 bits per heavy atom. The van der Waals surface area contributed by atoms with Crippen LogP contribution in [0, 0.1) is 0 Å². The Morgan fingerprint density at radius 3 is 2.74 bits per heavy atom. The molecule has 0 aromatic heterocycles. The summed E-state index contributed by atoms with van der Waals surface area (Å²) in [5.74, 6) is 0.775. The summed E-state index contributed by atoms with van der Waals surface area (Å²) in [6.07, 6.45) is 0.564. The Labute approximate surface area is 116 Å². The van der Waals surface area contributed by atoms with Gasteiger partial charge < -0.3 is 20.1 Å².